The van der Waals surface area contributed by atoms with Crippen LogP contribution in [-0.4, -0.2) is 17.0 Å². The fourth-order valence-electron chi connectivity index (χ4n) is 2.25. The SMILES string of the molecule is CN(c1cccc(Br)c1)c1n/c(=N\N)[nH]c2cc(Cl)ccc12. The standard InChI is InChI=1S/C15H13BrClN5/c1-22(11-4-2-3-9(16)7-11)14-12-6-5-10(17)8-13(12)19-15(20-14)21-18/h2-8H,18H2,1H3,(H,19,20,21). The van der Waals surface area contributed by atoms with Gasteiger partial charge in [0.05, 0.1) is 5.52 Å². The third kappa shape index (κ3) is 2.80. The molecule has 1 heterocycles. The topological polar surface area (TPSA) is 70.3 Å². The molecule has 0 spiro atoms. The third-order valence-corrected chi connectivity index (χ3v) is 4.04. The van der Waals surface area contributed by atoms with Crippen molar-refractivity contribution in [3.8, 4) is 0 Å². The van der Waals surface area contributed by atoms with Crippen LogP contribution in [0.3, 0.4) is 0 Å². The van der Waals surface area contributed by atoms with Gasteiger partial charge in [0.1, 0.15) is 5.82 Å². The molecule has 0 saturated carbocycles. The van der Waals surface area contributed by atoms with Crippen molar-refractivity contribution >= 4 is 49.9 Å². The van der Waals surface area contributed by atoms with Gasteiger partial charge in [-0.2, -0.15) is 4.98 Å². The predicted octanol–water partition coefficient (Wildman–Crippen LogP) is 3.52. The molecule has 5 nitrogen and oxygen atoms in total. The van der Waals surface area contributed by atoms with Crippen molar-refractivity contribution in [3.05, 3.63) is 57.6 Å². The monoisotopic (exact) mass is 377 g/mol. The van der Waals surface area contributed by atoms with Gasteiger partial charge < -0.3 is 15.7 Å². The normalized spacial score (nSPS) is 11.9. The van der Waals surface area contributed by atoms with E-state index in [2.05, 4.69) is 31.0 Å². The minimum atomic E-state index is 0.339. The van der Waals surface area contributed by atoms with Crippen LogP contribution in [0.25, 0.3) is 10.9 Å². The van der Waals surface area contributed by atoms with Crippen LogP contribution in [0.15, 0.2) is 52.0 Å². The number of nitrogens with one attached hydrogen (secondary N) is 1. The summed E-state index contributed by atoms with van der Waals surface area (Å²) in [6.45, 7) is 0. The van der Waals surface area contributed by atoms with Crippen LogP contribution in [0.4, 0.5) is 11.5 Å². The number of hydrogen-bond acceptors (Lipinski definition) is 4. The fourth-order valence-corrected chi connectivity index (χ4v) is 2.81. The second-order valence-corrected chi connectivity index (χ2v) is 6.09. The quantitative estimate of drug-likeness (QED) is 0.529. The van der Waals surface area contributed by atoms with E-state index in [1.807, 2.05) is 54.4 Å². The number of aromatic amines is 1. The Bertz CT molecular complexity index is 906. The first-order chi connectivity index (χ1) is 10.6. The van der Waals surface area contributed by atoms with Crippen LogP contribution < -0.4 is 16.4 Å². The summed E-state index contributed by atoms with van der Waals surface area (Å²) in [5, 5.41) is 5.22. The molecular formula is C15H13BrClN5. The summed E-state index contributed by atoms with van der Waals surface area (Å²) < 4.78 is 0.996. The molecule has 112 valence electrons. The lowest BCUT2D eigenvalue weighted by atomic mass is 10.2. The van der Waals surface area contributed by atoms with Crippen LogP contribution in [0.1, 0.15) is 0 Å². The first kappa shape index (κ1) is 14.9. The van der Waals surface area contributed by atoms with Gasteiger partial charge in [0.2, 0.25) is 5.62 Å². The molecule has 2 aromatic carbocycles. The zero-order chi connectivity index (χ0) is 15.7. The minimum absolute atomic E-state index is 0.339. The van der Waals surface area contributed by atoms with Gasteiger partial charge in [-0.3, -0.25) is 0 Å². The Labute approximate surface area is 140 Å². The van der Waals surface area contributed by atoms with Gasteiger partial charge >= 0.3 is 0 Å². The second kappa shape index (κ2) is 5.98. The number of benzene rings is 2. The van der Waals surface area contributed by atoms with Gasteiger partial charge in [0.25, 0.3) is 0 Å². The van der Waals surface area contributed by atoms with E-state index in [1.165, 1.54) is 0 Å². The summed E-state index contributed by atoms with van der Waals surface area (Å²) in [5.74, 6) is 6.13. The summed E-state index contributed by atoms with van der Waals surface area (Å²) in [6.07, 6.45) is 0. The molecule has 0 aliphatic carbocycles. The summed E-state index contributed by atoms with van der Waals surface area (Å²) in [6, 6.07) is 13.5. The van der Waals surface area contributed by atoms with Crippen LogP contribution in [0.2, 0.25) is 5.02 Å². The summed E-state index contributed by atoms with van der Waals surface area (Å²) in [4.78, 5) is 9.50. The number of nitrogens with two attached hydrogens (primary N) is 1. The van der Waals surface area contributed by atoms with E-state index in [4.69, 9.17) is 17.4 Å². The number of rotatable bonds is 2. The molecule has 0 unspecified atom stereocenters. The molecule has 0 bridgehead atoms. The molecular weight excluding hydrogens is 366 g/mol. The predicted molar refractivity (Wildman–Crippen MR) is 93.1 cm³/mol. The maximum Gasteiger partial charge on any atom is 0.246 e. The van der Waals surface area contributed by atoms with E-state index >= 15 is 0 Å². The van der Waals surface area contributed by atoms with Gasteiger partial charge in [-0.1, -0.05) is 33.6 Å². The Morgan fingerprint density at radius 1 is 1.27 bits per heavy atom. The van der Waals surface area contributed by atoms with Crippen molar-refractivity contribution in [1.82, 2.24) is 9.97 Å². The van der Waals surface area contributed by atoms with Crippen LogP contribution in [0.5, 0.6) is 0 Å². The van der Waals surface area contributed by atoms with Gasteiger partial charge in [0.15, 0.2) is 0 Å². The van der Waals surface area contributed by atoms with Gasteiger partial charge in [-0.15, -0.1) is 5.10 Å². The smallest absolute Gasteiger partial charge is 0.246 e. The molecule has 0 radical (unpaired) electrons. The van der Waals surface area contributed by atoms with Gasteiger partial charge in [-0.25, -0.2) is 0 Å². The Kier molecular flexibility index (Phi) is 4.04. The maximum absolute atomic E-state index is 6.06. The highest BCUT2D eigenvalue weighted by Crippen LogP contribution is 2.29. The van der Waals surface area contributed by atoms with Gasteiger partial charge in [-0.05, 0) is 36.4 Å². The highest BCUT2D eigenvalue weighted by Gasteiger charge is 2.11. The van der Waals surface area contributed by atoms with Crippen LogP contribution >= 0.6 is 27.5 Å². The van der Waals surface area contributed by atoms with E-state index in [-0.39, 0.29) is 0 Å². The molecule has 3 rings (SSSR count). The zero-order valence-electron chi connectivity index (χ0n) is 11.7. The van der Waals surface area contributed by atoms with E-state index in [1.54, 1.807) is 0 Å². The van der Waals surface area contributed by atoms with E-state index in [0.29, 0.717) is 10.6 Å². The lowest BCUT2D eigenvalue weighted by Gasteiger charge is -2.20. The van der Waals surface area contributed by atoms with Crippen molar-refractivity contribution in [2.75, 3.05) is 11.9 Å². The Morgan fingerprint density at radius 2 is 2.09 bits per heavy atom. The largest absolute Gasteiger partial charge is 0.329 e. The molecule has 22 heavy (non-hydrogen) atoms. The van der Waals surface area contributed by atoms with Crippen LogP contribution in [0, 0.1) is 0 Å². The lowest BCUT2D eigenvalue weighted by molar-refractivity contribution is 0.956. The van der Waals surface area contributed by atoms with Gasteiger partial charge in [0, 0.05) is 27.6 Å². The molecule has 0 amide bonds. The van der Waals surface area contributed by atoms with Crippen LogP contribution in [-0.2, 0) is 0 Å². The molecule has 1 aromatic heterocycles. The molecule has 0 aliphatic rings. The van der Waals surface area contributed by atoms with E-state index in [9.17, 15) is 0 Å². The van der Waals surface area contributed by atoms with Crippen molar-refractivity contribution in [1.29, 1.82) is 0 Å². The number of anilines is 2. The summed E-state index contributed by atoms with van der Waals surface area (Å²) >= 11 is 9.54. The van der Waals surface area contributed by atoms with Crippen molar-refractivity contribution in [3.63, 3.8) is 0 Å². The Morgan fingerprint density at radius 3 is 2.82 bits per heavy atom. The molecule has 0 fully saturated rings. The maximum atomic E-state index is 6.06. The number of halogens is 2. The van der Waals surface area contributed by atoms with Crippen molar-refractivity contribution < 1.29 is 0 Å². The highest BCUT2D eigenvalue weighted by atomic mass is 79.9. The molecule has 3 aromatic rings. The zero-order valence-corrected chi connectivity index (χ0v) is 14.1. The summed E-state index contributed by atoms with van der Waals surface area (Å²) in [7, 11) is 1.94. The number of nitrogens with zero attached hydrogens (tertiary/aromatic N) is 3. The van der Waals surface area contributed by atoms with Crippen molar-refractivity contribution in [2.24, 2.45) is 10.9 Å². The lowest BCUT2D eigenvalue weighted by Crippen LogP contribution is -2.21. The summed E-state index contributed by atoms with van der Waals surface area (Å²) in [5.41, 5.74) is 2.16. The first-order valence-corrected chi connectivity index (χ1v) is 7.68. The number of aromatic nitrogens is 2. The number of fused-ring (bicyclic) bond motifs is 1. The third-order valence-electron chi connectivity index (χ3n) is 3.32. The second-order valence-electron chi connectivity index (χ2n) is 4.74. The fraction of sp³-hybridized carbons (Fsp3) is 0.0667. The highest BCUT2D eigenvalue weighted by molar-refractivity contribution is 9.10. The molecule has 7 heteroatoms. The molecule has 3 N–H and O–H groups in total. The minimum Gasteiger partial charge on any atom is -0.329 e. The Hall–Kier alpha value is -2.05. The van der Waals surface area contributed by atoms with E-state index in [0.717, 1.165) is 26.9 Å². The number of H-pyrrole nitrogens is 1. The molecule has 0 atom stereocenters. The van der Waals surface area contributed by atoms with Crippen molar-refractivity contribution in [2.45, 2.75) is 0 Å². The average Bonchev–Trinajstić information content (AvgIpc) is 2.52. The molecule has 0 saturated heterocycles. The van der Waals surface area contributed by atoms with E-state index < -0.39 is 0 Å². The number of hydrogen-bond donors (Lipinski definition) is 2. The molecule has 0 aliphatic heterocycles. The Balaban J connectivity index is 2.25. The first-order valence-electron chi connectivity index (χ1n) is 6.51. The average molecular weight is 379 g/mol.